The van der Waals surface area contributed by atoms with Crippen LogP contribution in [0.5, 0.6) is 0 Å². The van der Waals surface area contributed by atoms with Gasteiger partial charge in [0.2, 0.25) is 18.3 Å². The average molecular weight is 222 g/mol. The number of halogens is 2. The highest BCUT2D eigenvalue weighted by atomic mass is 35.5. The molecule has 70 valence electrons. The third-order valence-corrected chi connectivity index (χ3v) is 1.84. The maximum Gasteiger partial charge on any atom is 0.243 e. The van der Waals surface area contributed by atoms with Crippen LogP contribution in [-0.4, -0.2) is 11.1 Å². The number of pyridine rings is 1. The smallest absolute Gasteiger partial charge is 0.243 e. The van der Waals surface area contributed by atoms with E-state index in [0.29, 0.717) is 5.69 Å². The molecule has 0 saturated carbocycles. The van der Waals surface area contributed by atoms with Gasteiger partial charge in [-0.1, -0.05) is 23.2 Å². The normalized spacial score (nSPS) is 9.77. The quantitative estimate of drug-likeness (QED) is 0.558. The predicted molar refractivity (Wildman–Crippen MR) is 48.1 cm³/mol. The van der Waals surface area contributed by atoms with Crippen molar-refractivity contribution in [1.29, 1.82) is 0 Å². The van der Waals surface area contributed by atoms with Crippen LogP contribution in [0.25, 0.3) is 0 Å². The molecule has 0 aliphatic rings. The Labute approximate surface area is 84.7 Å². The van der Waals surface area contributed by atoms with Crippen LogP contribution in [0.4, 0.5) is 5.69 Å². The molecule has 0 unspecified atom stereocenters. The summed E-state index contributed by atoms with van der Waals surface area (Å²) in [5, 5.41) is 11.8. The number of nitrogens with zero attached hydrogens (tertiary/aromatic N) is 1. The molecule has 2 N–H and O–H groups in total. The van der Waals surface area contributed by atoms with Crippen molar-refractivity contribution in [3.63, 3.8) is 0 Å². The second-order valence-electron chi connectivity index (χ2n) is 2.39. The van der Waals surface area contributed by atoms with E-state index in [9.17, 15) is 4.79 Å². The van der Waals surface area contributed by atoms with Gasteiger partial charge in [0.15, 0.2) is 0 Å². The van der Waals surface area contributed by atoms with Crippen molar-refractivity contribution in [3.05, 3.63) is 22.4 Å². The third-order valence-electron chi connectivity index (χ3n) is 1.27. The Balaban J connectivity index is 3.13. The zero-order chi connectivity index (χ0) is 10.0. The van der Waals surface area contributed by atoms with Gasteiger partial charge >= 0.3 is 0 Å². The lowest BCUT2D eigenvalue weighted by Gasteiger charge is -2.03. The zero-order valence-electron chi connectivity index (χ0n) is 6.71. The van der Waals surface area contributed by atoms with Crippen LogP contribution in [0.1, 0.15) is 6.92 Å². The summed E-state index contributed by atoms with van der Waals surface area (Å²) in [4.78, 5) is 10.7. The van der Waals surface area contributed by atoms with Gasteiger partial charge in [0.05, 0.1) is 5.69 Å². The van der Waals surface area contributed by atoms with Gasteiger partial charge < -0.3 is 5.32 Å². The molecule has 13 heavy (non-hydrogen) atoms. The van der Waals surface area contributed by atoms with Gasteiger partial charge in [-0.3, -0.25) is 10.0 Å². The lowest BCUT2D eigenvalue weighted by molar-refractivity contribution is -0.904. The Morgan fingerprint density at radius 2 is 1.92 bits per heavy atom. The minimum atomic E-state index is -0.278. The fraction of sp³-hybridized carbons (Fsp3) is 0.143. The van der Waals surface area contributed by atoms with Gasteiger partial charge in [-0.2, -0.15) is 0 Å². The molecule has 0 atom stereocenters. The van der Waals surface area contributed by atoms with Crippen LogP contribution >= 0.6 is 23.2 Å². The number of amides is 1. The molecule has 0 aliphatic carbocycles. The van der Waals surface area contributed by atoms with Crippen molar-refractivity contribution in [1.82, 2.24) is 0 Å². The Hall–Kier alpha value is -1.00. The highest BCUT2D eigenvalue weighted by Gasteiger charge is 2.14. The summed E-state index contributed by atoms with van der Waals surface area (Å²) in [5.74, 6) is -0.278. The van der Waals surface area contributed by atoms with Gasteiger partial charge in [-0.25, -0.2) is 0 Å². The van der Waals surface area contributed by atoms with Gasteiger partial charge in [-0.15, -0.1) is 0 Å². The first-order chi connectivity index (χ1) is 6.00. The van der Waals surface area contributed by atoms with Crippen molar-refractivity contribution < 1.29 is 14.7 Å². The number of hydrogen-bond donors (Lipinski definition) is 2. The first-order valence-corrected chi connectivity index (χ1v) is 4.13. The molecule has 0 radical (unpaired) electrons. The summed E-state index contributed by atoms with van der Waals surface area (Å²) in [5.41, 5.74) is 0.293. The second-order valence-corrected chi connectivity index (χ2v) is 3.20. The van der Waals surface area contributed by atoms with Gasteiger partial charge in [-0.05, 0) is 0 Å². The lowest BCUT2D eigenvalue weighted by Crippen LogP contribution is -2.29. The topological polar surface area (TPSA) is 53.2 Å². The molecule has 0 aromatic carbocycles. The van der Waals surface area contributed by atoms with Crippen LogP contribution in [0.2, 0.25) is 10.0 Å². The van der Waals surface area contributed by atoms with Crippen LogP contribution < -0.4 is 10.0 Å². The molecule has 1 amide bonds. The van der Waals surface area contributed by atoms with E-state index in [2.05, 4.69) is 5.32 Å². The van der Waals surface area contributed by atoms with Crippen molar-refractivity contribution >= 4 is 34.8 Å². The van der Waals surface area contributed by atoms with E-state index in [1.54, 1.807) is 0 Å². The van der Waals surface area contributed by atoms with Crippen LogP contribution in [0.15, 0.2) is 12.4 Å². The Bertz CT molecular complexity index is 331. The molecular weight excluding hydrogens is 215 g/mol. The monoisotopic (exact) mass is 221 g/mol. The molecule has 4 nitrogen and oxygen atoms in total. The highest BCUT2D eigenvalue weighted by molar-refractivity contribution is 6.39. The standard InChI is InChI=1S/C7H6Cl2N2O2/c1-4(12)10-7-5(8)2-11(13)3-6(7)9/h2-3,13H,1H3/p+1. The van der Waals surface area contributed by atoms with Gasteiger partial charge in [0, 0.05) is 11.7 Å². The molecule has 0 bridgehead atoms. The number of carbonyl (C=O) groups is 1. The van der Waals surface area contributed by atoms with Crippen molar-refractivity contribution in [2.24, 2.45) is 0 Å². The SMILES string of the molecule is CC(=O)Nc1c(Cl)c[n+](O)cc1Cl. The van der Waals surface area contributed by atoms with E-state index in [1.165, 1.54) is 19.3 Å². The minimum absolute atomic E-state index is 0.171. The summed E-state index contributed by atoms with van der Waals surface area (Å²) >= 11 is 11.4. The van der Waals surface area contributed by atoms with Crippen LogP contribution in [0, 0.1) is 0 Å². The molecule has 0 aliphatic heterocycles. The molecule has 1 aromatic rings. The summed E-state index contributed by atoms with van der Waals surface area (Å²) in [6, 6.07) is 0. The number of nitrogens with one attached hydrogen (secondary N) is 1. The maximum absolute atomic E-state index is 10.7. The molecule has 0 fully saturated rings. The third kappa shape index (κ3) is 2.47. The van der Waals surface area contributed by atoms with Crippen LogP contribution in [0.3, 0.4) is 0 Å². The first-order valence-electron chi connectivity index (χ1n) is 3.38. The maximum atomic E-state index is 10.7. The number of hydrogen-bond acceptors (Lipinski definition) is 2. The summed E-state index contributed by atoms with van der Waals surface area (Å²) < 4.78 is 0.718. The molecule has 1 rings (SSSR count). The van der Waals surface area contributed by atoms with E-state index >= 15 is 0 Å². The molecule has 0 spiro atoms. The number of carbonyl (C=O) groups excluding carboxylic acids is 1. The molecular formula is C7H7Cl2N2O2+. The van der Waals surface area contributed by atoms with E-state index in [4.69, 9.17) is 28.4 Å². The van der Waals surface area contributed by atoms with Crippen molar-refractivity contribution in [3.8, 4) is 0 Å². The number of aromatic nitrogens is 1. The van der Waals surface area contributed by atoms with Crippen molar-refractivity contribution in [2.45, 2.75) is 6.92 Å². The molecule has 1 heterocycles. The van der Waals surface area contributed by atoms with Gasteiger partial charge in [0.1, 0.15) is 10.0 Å². The number of rotatable bonds is 1. The Morgan fingerprint density at radius 1 is 1.46 bits per heavy atom. The highest BCUT2D eigenvalue weighted by Crippen LogP contribution is 2.27. The van der Waals surface area contributed by atoms with E-state index in [-0.39, 0.29) is 16.0 Å². The minimum Gasteiger partial charge on any atom is -0.323 e. The summed E-state index contributed by atoms with van der Waals surface area (Å²) in [6.07, 6.45) is 2.44. The summed E-state index contributed by atoms with van der Waals surface area (Å²) in [6.45, 7) is 1.34. The molecule has 6 heteroatoms. The summed E-state index contributed by atoms with van der Waals surface area (Å²) in [7, 11) is 0. The predicted octanol–water partition coefficient (Wildman–Crippen LogP) is 1.48. The Morgan fingerprint density at radius 3 is 2.31 bits per heavy atom. The first kappa shape index (κ1) is 10.1. The van der Waals surface area contributed by atoms with E-state index < -0.39 is 0 Å². The molecule has 0 saturated heterocycles. The molecule has 1 aromatic heterocycles. The average Bonchev–Trinajstić information content (AvgIpc) is 1.96. The zero-order valence-corrected chi connectivity index (χ0v) is 8.23. The largest absolute Gasteiger partial charge is 0.323 e. The Kier molecular flexibility index (Phi) is 2.95. The van der Waals surface area contributed by atoms with E-state index in [1.807, 2.05) is 0 Å². The van der Waals surface area contributed by atoms with Crippen molar-refractivity contribution in [2.75, 3.05) is 5.32 Å². The second kappa shape index (κ2) is 3.81. The fourth-order valence-electron chi connectivity index (χ4n) is 0.808. The lowest BCUT2D eigenvalue weighted by atomic mass is 10.4. The number of anilines is 1. The van der Waals surface area contributed by atoms with E-state index in [0.717, 1.165) is 4.73 Å². The van der Waals surface area contributed by atoms with Gasteiger partial charge in [0.25, 0.3) is 0 Å². The fourth-order valence-corrected chi connectivity index (χ4v) is 1.35. The van der Waals surface area contributed by atoms with Crippen LogP contribution in [-0.2, 0) is 4.79 Å².